The lowest BCUT2D eigenvalue weighted by Gasteiger charge is -2.39. The van der Waals surface area contributed by atoms with E-state index in [1.807, 2.05) is 0 Å². The first kappa shape index (κ1) is 22.7. The SMILES string of the molecule is CCC(C)C[Si](C)(C)C1C(C)CC2C(c3c4ccccc4c(C)c4ccccc34)=CC=CC21. The van der Waals surface area contributed by atoms with Crippen molar-refractivity contribution in [2.75, 3.05) is 0 Å². The summed E-state index contributed by atoms with van der Waals surface area (Å²) in [5, 5.41) is 5.68. The number of allylic oxidation sites excluding steroid dienone is 4. The van der Waals surface area contributed by atoms with Gasteiger partial charge in [-0.05, 0) is 80.8 Å². The molecule has 0 amide bonds. The minimum absolute atomic E-state index is 0.647. The standard InChI is InChI=1S/C32H40Si/c1-7-21(2)20-33(5,6)32-22(3)19-30-28(17-12-18-29(30)32)31-26-15-10-8-13-24(26)23(4)25-14-9-11-16-27(25)31/h8-18,21-22,29-30,32H,7,19-20H2,1-6H3. The quantitative estimate of drug-likeness (QED) is 0.267. The molecule has 1 saturated carbocycles. The van der Waals surface area contributed by atoms with Crippen LogP contribution in [0.15, 0.2) is 66.8 Å². The highest BCUT2D eigenvalue weighted by atomic mass is 28.3. The fourth-order valence-electron chi connectivity index (χ4n) is 7.73. The molecule has 0 heterocycles. The lowest BCUT2D eigenvalue weighted by molar-refractivity contribution is 0.533. The Morgan fingerprint density at radius 3 is 2.09 bits per heavy atom. The first-order chi connectivity index (χ1) is 15.8. The summed E-state index contributed by atoms with van der Waals surface area (Å²) in [4.78, 5) is 0. The maximum absolute atomic E-state index is 2.69. The van der Waals surface area contributed by atoms with Crippen molar-refractivity contribution >= 4 is 35.2 Å². The smallest absolute Gasteiger partial charge is 0.0516 e. The van der Waals surface area contributed by atoms with Crippen LogP contribution < -0.4 is 0 Å². The Balaban J connectivity index is 1.65. The molecular formula is C32H40Si. The molecule has 172 valence electrons. The topological polar surface area (TPSA) is 0 Å². The van der Waals surface area contributed by atoms with Gasteiger partial charge in [0.25, 0.3) is 0 Å². The molecule has 0 aliphatic heterocycles. The molecule has 0 nitrogen and oxygen atoms in total. The molecule has 1 heteroatoms. The van der Waals surface area contributed by atoms with Gasteiger partial charge in [-0.15, -0.1) is 0 Å². The van der Waals surface area contributed by atoms with Crippen molar-refractivity contribution < 1.29 is 0 Å². The third-order valence-electron chi connectivity index (χ3n) is 9.09. The first-order valence-electron chi connectivity index (χ1n) is 13.1. The number of benzene rings is 3. The molecule has 0 N–H and O–H groups in total. The van der Waals surface area contributed by atoms with Crippen molar-refractivity contribution in [1.29, 1.82) is 0 Å². The van der Waals surface area contributed by atoms with Gasteiger partial charge in [-0.1, -0.05) is 113 Å². The van der Waals surface area contributed by atoms with Crippen LogP contribution in [0.5, 0.6) is 0 Å². The second kappa shape index (κ2) is 8.58. The zero-order chi connectivity index (χ0) is 23.3. The second-order valence-electron chi connectivity index (χ2n) is 11.7. The molecule has 0 aromatic heterocycles. The van der Waals surface area contributed by atoms with Crippen LogP contribution in [0.1, 0.15) is 44.7 Å². The molecule has 5 unspecified atom stereocenters. The molecule has 0 bridgehead atoms. The van der Waals surface area contributed by atoms with Gasteiger partial charge in [0.05, 0.1) is 8.07 Å². The van der Waals surface area contributed by atoms with Crippen molar-refractivity contribution in [2.45, 2.75) is 65.2 Å². The molecule has 33 heavy (non-hydrogen) atoms. The van der Waals surface area contributed by atoms with Crippen LogP contribution >= 0.6 is 0 Å². The minimum Gasteiger partial charge on any atom is -0.0808 e. The Bertz CT molecular complexity index is 1190. The van der Waals surface area contributed by atoms with Gasteiger partial charge >= 0.3 is 0 Å². The maximum atomic E-state index is 2.69. The number of rotatable bonds is 5. The van der Waals surface area contributed by atoms with Crippen LogP contribution in [-0.4, -0.2) is 8.07 Å². The third kappa shape index (κ3) is 3.73. The van der Waals surface area contributed by atoms with E-state index in [0.717, 1.165) is 17.4 Å². The van der Waals surface area contributed by atoms with Crippen LogP contribution in [0.4, 0.5) is 0 Å². The molecule has 3 aromatic carbocycles. The van der Waals surface area contributed by atoms with Crippen molar-refractivity contribution in [3.8, 4) is 0 Å². The number of hydrogen-bond donors (Lipinski definition) is 0. The molecular weight excluding hydrogens is 412 g/mol. The summed E-state index contributed by atoms with van der Waals surface area (Å²) in [6.45, 7) is 15.1. The summed E-state index contributed by atoms with van der Waals surface area (Å²) >= 11 is 0. The van der Waals surface area contributed by atoms with Crippen LogP contribution in [0.3, 0.4) is 0 Å². The number of aryl methyl sites for hydroxylation is 1. The van der Waals surface area contributed by atoms with Crippen molar-refractivity contribution in [3.05, 3.63) is 77.9 Å². The highest BCUT2D eigenvalue weighted by Crippen LogP contribution is 2.58. The van der Waals surface area contributed by atoms with Crippen LogP contribution in [0.2, 0.25) is 24.7 Å². The Hall–Kier alpha value is -2.12. The van der Waals surface area contributed by atoms with Gasteiger partial charge in [-0.25, -0.2) is 0 Å². The molecule has 0 spiro atoms. The molecule has 0 radical (unpaired) electrons. The Morgan fingerprint density at radius 1 is 0.939 bits per heavy atom. The zero-order valence-electron chi connectivity index (χ0n) is 21.4. The monoisotopic (exact) mass is 452 g/mol. The van der Waals surface area contributed by atoms with Crippen LogP contribution in [-0.2, 0) is 0 Å². The summed E-state index contributed by atoms with van der Waals surface area (Å²) in [6, 6.07) is 19.7. The largest absolute Gasteiger partial charge is 0.0808 e. The van der Waals surface area contributed by atoms with Crippen LogP contribution in [0, 0.1) is 30.6 Å². The molecule has 0 saturated heterocycles. The normalized spacial score (nSPS) is 25.9. The van der Waals surface area contributed by atoms with E-state index in [1.165, 1.54) is 51.6 Å². The Kier molecular flexibility index (Phi) is 5.89. The molecule has 3 aromatic rings. The summed E-state index contributed by atoms with van der Waals surface area (Å²) in [5.74, 6) is 3.00. The molecule has 1 fully saturated rings. The first-order valence-corrected chi connectivity index (χ1v) is 16.4. The van der Waals surface area contributed by atoms with E-state index in [2.05, 4.69) is 108 Å². The minimum atomic E-state index is -1.35. The predicted octanol–water partition coefficient (Wildman–Crippen LogP) is 9.65. The van der Waals surface area contributed by atoms with E-state index in [4.69, 9.17) is 0 Å². The van der Waals surface area contributed by atoms with Crippen LogP contribution in [0.25, 0.3) is 27.1 Å². The average Bonchev–Trinajstić information content (AvgIpc) is 3.16. The maximum Gasteiger partial charge on any atom is 0.0516 e. The summed E-state index contributed by atoms with van der Waals surface area (Å²) in [5.41, 5.74) is 5.38. The van der Waals surface area contributed by atoms with E-state index >= 15 is 0 Å². The predicted molar refractivity (Wildman–Crippen MR) is 150 cm³/mol. The van der Waals surface area contributed by atoms with E-state index in [-0.39, 0.29) is 0 Å². The highest BCUT2D eigenvalue weighted by molar-refractivity contribution is 6.79. The van der Waals surface area contributed by atoms with E-state index < -0.39 is 8.07 Å². The van der Waals surface area contributed by atoms with Gasteiger partial charge in [0.2, 0.25) is 0 Å². The lowest BCUT2D eigenvalue weighted by atomic mass is 9.77. The van der Waals surface area contributed by atoms with Gasteiger partial charge in [-0.3, -0.25) is 0 Å². The van der Waals surface area contributed by atoms with Gasteiger partial charge in [0, 0.05) is 0 Å². The molecule has 5 atom stereocenters. The van der Waals surface area contributed by atoms with Gasteiger partial charge < -0.3 is 0 Å². The third-order valence-corrected chi connectivity index (χ3v) is 13.6. The van der Waals surface area contributed by atoms with Crippen molar-refractivity contribution in [1.82, 2.24) is 0 Å². The fraction of sp³-hybridized carbons (Fsp3) is 0.438. The van der Waals surface area contributed by atoms with E-state index in [1.54, 1.807) is 5.57 Å². The van der Waals surface area contributed by atoms with E-state index in [9.17, 15) is 0 Å². The Morgan fingerprint density at radius 2 is 1.52 bits per heavy atom. The van der Waals surface area contributed by atoms with Gasteiger partial charge in [0.15, 0.2) is 0 Å². The number of fused-ring (bicyclic) bond motifs is 3. The summed E-state index contributed by atoms with van der Waals surface area (Å²) in [7, 11) is -1.35. The lowest BCUT2D eigenvalue weighted by Crippen LogP contribution is -2.39. The summed E-state index contributed by atoms with van der Waals surface area (Å²) in [6.07, 6.45) is 10.1. The summed E-state index contributed by atoms with van der Waals surface area (Å²) < 4.78 is 0. The van der Waals surface area contributed by atoms with E-state index in [0.29, 0.717) is 11.8 Å². The van der Waals surface area contributed by atoms with Crippen molar-refractivity contribution in [2.24, 2.45) is 23.7 Å². The molecule has 5 rings (SSSR count). The fourth-order valence-corrected chi connectivity index (χ4v) is 13.1. The van der Waals surface area contributed by atoms with Gasteiger partial charge in [-0.2, -0.15) is 0 Å². The highest BCUT2D eigenvalue weighted by Gasteiger charge is 2.49. The second-order valence-corrected chi connectivity index (χ2v) is 16.8. The zero-order valence-corrected chi connectivity index (χ0v) is 22.4. The van der Waals surface area contributed by atoms with Gasteiger partial charge in [0.1, 0.15) is 0 Å². The van der Waals surface area contributed by atoms with Crippen molar-refractivity contribution in [3.63, 3.8) is 0 Å². The number of hydrogen-bond acceptors (Lipinski definition) is 0. The average molecular weight is 453 g/mol. The Labute approximate surface area is 201 Å². The molecule has 2 aliphatic carbocycles. The molecule has 2 aliphatic rings.